The van der Waals surface area contributed by atoms with Crippen molar-refractivity contribution in [2.24, 2.45) is 11.5 Å². The van der Waals surface area contributed by atoms with Gasteiger partial charge < -0.3 is 25.7 Å². The summed E-state index contributed by atoms with van der Waals surface area (Å²) in [5, 5.41) is 0. The molecule has 0 aromatic heterocycles. The molecule has 2 amide bonds. The van der Waals surface area contributed by atoms with Gasteiger partial charge in [-0.05, 0) is 32.9 Å². The van der Waals surface area contributed by atoms with Crippen LogP contribution in [0.5, 0.6) is 0 Å². The molecular formula is C18H31N3O6. The van der Waals surface area contributed by atoms with Crippen molar-refractivity contribution in [1.29, 1.82) is 0 Å². The summed E-state index contributed by atoms with van der Waals surface area (Å²) >= 11 is 0. The first-order chi connectivity index (χ1) is 12.9. The Balaban J connectivity index is 0.000000511. The van der Waals surface area contributed by atoms with Crippen molar-refractivity contribution in [1.82, 2.24) is 5.48 Å². The number of hydrogen-bond donors (Lipinski definition) is 3. The van der Waals surface area contributed by atoms with E-state index in [2.05, 4.69) is 5.48 Å². The molecule has 0 aliphatic heterocycles. The lowest BCUT2D eigenvalue weighted by molar-refractivity contribution is -0.395. The maximum atomic E-state index is 10.7. The Kier molecular flexibility index (Phi) is 13.0. The number of nitrogens with one attached hydrogen (secondary N) is 1. The summed E-state index contributed by atoms with van der Waals surface area (Å²) in [7, 11) is 0. The largest absolute Gasteiger partial charge is 0.366 e. The van der Waals surface area contributed by atoms with E-state index in [1.165, 1.54) is 12.1 Å². The van der Waals surface area contributed by atoms with Gasteiger partial charge in [-0.25, -0.2) is 5.48 Å². The first-order valence-electron chi connectivity index (χ1n) is 8.82. The zero-order valence-corrected chi connectivity index (χ0v) is 16.4. The molecule has 5 N–H and O–H groups in total. The molecule has 9 nitrogen and oxygen atoms in total. The number of benzene rings is 1. The second-order valence-corrected chi connectivity index (χ2v) is 5.04. The molecule has 0 radical (unpaired) electrons. The second kappa shape index (κ2) is 14.1. The fourth-order valence-electron chi connectivity index (χ4n) is 2.06. The second-order valence-electron chi connectivity index (χ2n) is 5.04. The molecule has 0 bridgehead atoms. The molecule has 0 fully saturated rings. The highest BCUT2D eigenvalue weighted by molar-refractivity contribution is 6.06. The van der Waals surface area contributed by atoms with Crippen LogP contribution in [0.1, 0.15) is 48.4 Å². The van der Waals surface area contributed by atoms with Gasteiger partial charge in [0.1, 0.15) is 6.61 Å². The normalized spacial score (nSPS) is 10.8. The van der Waals surface area contributed by atoms with Crippen molar-refractivity contribution < 1.29 is 28.6 Å². The molecule has 0 atom stereocenters. The predicted molar refractivity (Wildman–Crippen MR) is 101 cm³/mol. The topological polar surface area (TPSA) is 135 Å². The van der Waals surface area contributed by atoms with Crippen LogP contribution in [0, 0.1) is 0 Å². The first kappa shape index (κ1) is 25.0. The van der Waals surface area contributed by atoms with Gasteiger partial charge in [-0.15, -0.1) is 0 Å². The zero-order valence-electron chi connectivity index (χ0n) is 16.4. The van der Waals surface area contributed by atoms with E-state index in [0.717, 1.165) is 6.54 Å². The number of carbonyl (C=O) groups is 2. The highest BCUT2D eigenvalue weighted by atomic mass is 16.9. The fraction of sp³-hybridized carbons (Fsp3) is 0.556. The average molecular weight is 385 g/mol. The van der Waals surface area contributed by atoms with Crippen LogP contribution in [0.4, 0.5) is 0 Å². The van der Waals surface area contributed by atoms with E-state index in [1.807, 2.05) is 27.7 Å². The van der Waals surface area contributed by atoms with Crippen molar-refractivity contribution in [2.75, 3.05) is 33.0 Å². The third-order valence-corrected chi connectivity index (χ3v) is 3.05. The van der Waals surface area contributed by atoms with E-state index in [4.69, 9.17) is 30.5 Å². The van der Waals surface area contributed by atoms with Crippen molar-refractivity contribution in [2.45, 2.75) is 33.7 Å². The number of hydrogen-bond acceptors (Lipinski definition) is 7. The van der Waals surface area contributed by atoms with Crippen LogP contribution in [0.15, 0.2) is 24.3 Å². The van der Waals surface area contributed by atoms with Crippen LogP contribution in [-0.4, -0.2) is 50.8 Å². The van der Waals surface area contributed by atoms with Gasteiger partial charge in [-0.3, -0.25) is 14.4 Å². The number of primary amides is 2. The Morgan fingerprint density at radius 1 is 0.889 bits per heavy atom. The van der Waals surface area contributed by atoms with Crippen molar-refractivity contribution in [3.8, 4) is 0 Å². The molecule has 0 heterocycles. The third-order valence-electron chi connectivity index (χ3n) is 3.05. The van der Waals surface area contributed by atoms with Crippen LogP contribution < -0.4 is 16.9 Å². The van der Waals surface area contributed by atoms with E-state index in [0.29, 0.717) is 19.8 Å². The molecule has 0 aliphatic rings. The molecule has 0 saturated carbocycles. The molecular weight excluding hydrogens is 354 g/mol. The van der Waals surface area contributed by atoms with Crippen LogP contribution in [0.25, 0.3) is 0 Å². The maximum absolute atomic E-state index is 10.7. The summed E-state index contributed by atoms with van der Waals surface area (Å²) < 4.78 is 16.3. The van der Waals surface area contributed by atoms with Crippen molar-refractivity contribution in [3.05, 3.63) is 35.4 Å². The standard InChI is InChI=1S/C10H23NO4.C8H8N2O2/c1-5-11-15-9-10(12-6-2,13-7-3)14-8-4;9-7(11)5-3-1-2-4-6(5)8(10)12/h11H,5-9H2,1-4H3;1-4H,(H2,9,11)(H2,10,12). The number of rotatable bonds is 12. The molecule has 1 aromatic rings. The Labute approximate surface area is 160 Å². The minimum atomic E-state index is -1.08. The van der Waals surface area contributed by atoms with Crippen LogP contribution in [-0.2, 0) is 19.0 Å². The van der Waals surface area contributed by atoms with E-state index < -0.39 is 17.8 Å². The van der Waals surface area contributed by atoms with E-state index in [-0.39, 0.29) is 17.7 Å². The molecule has 0 unspecified atom stereocenters. The van der Waals surface area contributed by atoms with Gasteiger partial charge in [0.15, 0.2) is 0 Å². The summed E-state index contributed by atoms with van der Waals surface area (Å²) in [5.41, 5.74) is 13.1. The van der Waals surface area contributed by atoms with E-state index in [1.54, 1.807) is 12.1 Å². The lowest BCUT2D eigenvalue weighted by Crippen LogP contribution is -2.45. The highest BCUT2D eigenvalue weighted by Crippen LogP contribution is 2.15. The number of carbonyl (C=O) groups excluding carboxylic acids is 2. The lowest BCUT2D eigenvalue weighted by atomic mass is 10.1. The molecule has 0 spiro atoms. The predicted octanol–water partition coefficient (Wildman–Crippen LogP) is 1.18. The molecule has 154 valence electrons. The number of ether oxygens (including phenoxy) is 3. The van der Waals surface area contributed by atoms with Gasteiger partial charge in [-0.1, -0.05) is 19.1 Å². The maximum Gasteiger partial charge on any atom is 0.309 e. The molecule has 0 aliphatic carbocycles. The van der Waals surface area contributed by atoms with Gasteiger partial charge in [0.2, 0.25) is 11.8 Å². The fourth-order valence-corrected chi connectivity index (χ4v) is 2.06. The Morgan fingerprint density at radius 2 is 1.30 bits per heavy atom. The van der Waals surface area contributed by atoms with Gasteiger partial charge in [0.05, 0.1) is 11.1 Å². The van der Waals surface area contributed by atoms with Gasteiger partial charge in [-0.2, -0.15) is 0 Å². The first-order valence-corrected chi connectivity index (χ1v) is 8.82. The van der Waals surface area contributed by atoms with Crippen LogP contribution in [0.2, 0.25) is 0 Å². The lowest BCUT2D eigenvalue weighted by Gasteiger charge is -2.31. The third kappa shape index (κ3) is 9.45. The SMILES string of the molecule is CCNOCC(OCC)(OCC)OCC.NC(=O)c1ccccc1C(N)=O. The minimum absolute atomic E-state index is 0.157. The average Bonchev–Trinajstić information content (AvgIpc) is 2.63. The number of hydroxylamine groups is 1. The van der Waals surface area contributed by atoms with Crippen LogP contribution in [0.3, 0.4) is 0 Å². The molecule has 27 heavy (non-hydrogen) atoms. The number of amides is 2. The van der Waals surface area contributed by atoms with Crippen molar-refractivity contribution in [3.63, 3.8) is 0 Å². The molecule has 1 aromatic carbocycles. The molecule has 0 saturated heterocycles. The highest BCUT2D eigenvalue weighted by Gasteiger charge is 2.33. The van der Waals surface area contributed by atoms with Gasteiger partial charge in [0.25, 0.3) is 0 Å². The van der Waals surface area contributed by atoms with Gasteiger partial charge in [0, 0.05) is 26.4 Å². The quantitative estimate of drug-likeness (QED) is 0.279. The monoisotopic (exact) mass is 385 g/mol. The van der Waals surface area contributed by atoms with Crippen LogP contribution >= 0.6 is 0 Å². The van der Waals surface area contributed by atoms with E-state index in [9.17, 15) is 9.59 Å². The van der Waals surface area contributed by atoms with Gasteiger partial charge >= 0.3 is 5.97 Å². The summed E-state index contributed by atoms with van der Waals surface area (Å²) in [6, 6.07) is 6.16. The molecule has 9 heteroatoms. The summed E-state index contributed by atoms with van der Waals surface area (Å²) in [6.07, 6.45) is 0. The number of nitrogens with two attached hydrogens (primary N) is 2. The van der Waals surface area contributed by atoms with E-state index >= 15 is 0 Å². The zero-order chi connectivity index (χ0) is 20.7. The van der Waals surface area contributed by atoms with Crippen molar-refractivity contribution >= 4 is 11.8 Å². The summed E-state index contributed by atoms with van der Waals surface area (Å²) in [4.78, 5) is 26.7. The summed E-state index contributed by atoms with van der Waals surface area (Å²) in [6.45, 7) is 10.1. The summed E-state index contributed by atoms with van der Waals surface area (Å²) in [5.74, 6) is -2.38. The Bertz CT molecular complexity index is 518. The minimum Gasteiger partial charge on any atom is -0.366 e. The molecule has 1 rings (SSSR count). The smallest absolute Gasteiger partial charge is 0.309 e. The Hall–Kier alpha value is -2.04. The Morgan fingerprint density at radius 3 is 1.59 bits per heavy atom.